The maximum Gasteiger partial charge on any atom is 0.344 e. The summed E-state index contributed by atoms with van der Waals surface area (Å²) in [4.78, 5) is 42.1. The molecule has 3 heterocycles. The number of aromatic nitrogens is 1. The molecule has 9 heteroatoms. The molecule has 1 saturated heterocycles. The lowest BCUT2D eigenvalue weighted by atomic mass is 9.98. The highest BCUT2D eigenvalue weighted by atomic mass is 32.2. The Kier molecular flexibility index (Phi) is 7.36. The van der Waals surface area contributed by atoms with Gasteiger partial charge >= 0.3 is 5.97 Å². The van der Waals surface area contributed by atoms with Gasteiger partial charge in [0.15, 0.2) is 0 Å². The van der Waals surface area contributed by atoms with E-state index in [1.165, 1.54) is 0 Å². The Bertz CT molecular complexity index is 1280. The van der Waals surface area contributed by atoms with Gasteiger partial charge in [-0.2, -0.15) is 0 Å². The molecule has 1 atom stereocenters. The average molecular weight is 527 g/mol. The monoisotopic (exact) mass is 526 g/mol. The van der Waals surface area contributed by atoms with E-state index in [1.54, 1.807) is 48.3 Å². The Balaban J connectivity index is 1.66. The van der Waals surface area contributed by atoms with Gasteiger partial charge in [0, 0.05) is 54.9 Å². The summed E-state index contributed by atoms with van der Waals surface area (Å²) >= 11 is 1.67. The Labute approximate surface area is 221 Å². The van der Waals surface area contributed by atoms with Crippen LogP contribution in [0.5, 0.6) is 5.75 Å². The van der Waals surface area contributed by atoms with Crippen LogP contribution in [0.1, 0.15) is 80.1 Å². The van der Waals surface area contributed by atoms with Crippen LogP contribution in [-0.4, -0.2) is 49.4 Å². The number of hydrogen-bond donors (Lipinski definition) is 0. The minimum Gasteiger partial charge on any atom is -0.491 e. The summed E-state index contributed by atoms with van der Waals surface area (Å²) in [5, 5.41) is 0.0133. The lowest BCUT2D eigenvalue weighted by Gasteiger charge is -2.30. The fraction of sp³-hybridized carbons (Fsp3) is 0.536. The molecule has 2 aromatic rings. The lowest BCUT2D eigenvalue weighted by molar-refractivity contribution is -0.117. The van der Waals surface area contributed by atoms with E-state index < -0.39 is 5.97 Å². The van der Waals surface area contributed by atoms with Gasteiger partial charge in [0.25, 0.3) is 5.56 Å². The maximum atomic E-state index is 13.7. The van der Waals surface area contributed by atoms with Crippen LogP contribution < -0.4 is 15.2 Å². The molecule has 37 heavy (non-hydrogen) atoms. The Morgan fingerprint density at radius 1 is 1.16 bits per heavy atom. The molecule has 5 rings (SSSR count). The zero-order valence-electron chi connectivity index (χ0n) is 21.9. The second-order valence-electron chi connectivity index (χ2n) is 10.1. The fourth-order valence-electron chi connectivity index (χ4n) is 5.06. The molecule has 1 unspecified atom stereocenters. The van der Waals surface area contributed by atoms with Crippen molar-refractivity contribution in [2.24, 2.45) is 0 Å². The number of methoxy groups -OCH3 is 1. The highest BCUT2D eigenvalue weighted by Crippen LogP contribution is 2.53. The molecule has 1 amide bonds. The van der Waals surface area contributed by atoms with Crippen molar-refractivity contribution in [3.8, 4) is 17.0 Å². The number of amides is 1. The number of thioether (sulfide) groups is 1. The van der Waals surface area contributed by atoms with E-state index >= 15 is 0 Å². The van der Waals surface area contributed by atoms with E-state index in [0.29, 0.717) is 31.9 Å². The van der Waals surface area contributed by atoms with Crippen LogP contribution in [0.4, 0.5) is 5.69 Å². The smallest absolute Gasteiger partial charge is 0.344 e. The number of hydrogen-bond acceptors (Lipinski definition) is 7. The summed E-state index contributed by atoms with van der Waals surface area (Å²) in [6.07, 6.45) is 3.53. The Hall–Kier alpha value is -2.78. The average Bonchev–Trinajstić information content (AvgIpc) is 3.60. The van der Waals surface area contributed by atoms with Crippen LogP contribution in [-0.2, 0) is 14.3 Å². The number of nitrogens with zero attached hydrogens (tertiary/aromatic N) is 2. The first-order chi connectivity index (χ1) is 17.8. The van der Waals surface area contributed by atoms with Crippen molar-refractivity contribution >= 4 is 29.3 Å². The van der Waals surface area contributed by atoms with Crippen LogP contribution in [0.15, 0.2) is 27.9 Å². The third-order valence-electron chi connectivity index (χ3n) is 6.91. The van der Waals surface area contributed by atoms with Crippen molar-refractivity contribution in [2.45, 2.75) is 75.2 Å². The van der Waals surface area contributed by atoms with Crippen LogP contribution in [0.3, 0.4) is 0 Å². The van der Waals surface area contributed by atoms with Gasteiger partial charge in [0.05, 0.1) is 24.1 Å². The number of fused-ring (bicyclic) bond motifs is 3. The summed E-state index contributed by atoms with van der Waals surface area (Å²) in [7, 11) is 1.66. The van der Waals surface area contributed by atoms with Gasteiger partial charge in [-0.3, -0.25) is 9.59 Å². The predicted molar refractivity (Wildman–Crippen MR) is 143 cm³/mol. The zero-order chi connectivity index (χ0) is 26.3. The van der Waals surface area contributed by atoms with Crippen LogP contribution in [0, 0.1) is 0 Å². The van der Waals surface area contributed by atoms with E-state index in [4.69, 9.17) is 14.2 Å². The second kappa shape index (κ2) is 10.5. The maximum absolute atomic E-state index is 13.7. The van der Waals surface area contributed by atoms with E-state index in [0.717, 1.165) is 53.1 Å². The zero-order valence-corrected chi connectivity index (χ0v) is 22.7. The van der Waals surface area contributed by atoms with Gasteiger partial charge in [-0.1, -0.05) is 0 Å². The van der Waals surface area contributed by atoms with Crippen LogP contribution in [0.25, 0.3) is 11.3 Å². The summed E-state index contributed by atoms with van der Waals surface area (Å²) in [6, 6.07) is 5.79. The second-order valence-corrected chi connectivity index (χ2v) is 11.5. The number of anilines is 1. The molecule has 3 aliphatic rings. The van der Waals surface area contributed by atoms with E-state index in [-0.39, 0.29) is 34.4 Å². The van der Waals surface area contributed by atoms with Gasteiger partial charge in [-0.15, -0.1) is 11.8 Å². The first kappa shape index (κ1) is 25.9. The van der Waals surface area contributed by atoms with Gasteiger partial charge in [-0.25, -0.2) is 4.79 Å². The van der Waals surface area contributed by atoms with E-state index in [2.05, 4.69) is 6.92 Å². The standard InChI is InChI=1S/C28H34N2O6S/c1-16(2)36-28(33)21-13-19-17(3)37-24-15-23(35-12-6-11-34-4)22(29-10-5-7-25(29)31)14-20(24)26(19)30(27(21)32)18-8-9-18/h13-18H,5-12H2,1-4H3. The van der Waals surface area contributed by atoms with Gasteiger partial charge in [0.2, 0.25) is 5.91 Å². The van der Waals surface area contributed by atoms with Crippen molar-refractivity contribution in [1.82, 2.24) is 4.57 Å². The molecule has 1 aromatic heterocycles. The third-order valence-corrected chi connectivity index (χ3v) is 8.11. The minimum atomic E-state index is -0.580. The van der Waals surface area contributed by atoms with Crippen molar-refractivity contribution in [3.05, 3.63) is 39.7 Å². The van der Waals surface area contributed by atoms with Gasteiger partial charge < -0.3 is 23.7 Å². The highest BCUT2D eigenvalue weighted by molar-refractivity contribution is 7.99. The molecule has 1 saturated carbocycles. The minimum absolute atomic E-state index is 0.0133. The molecular formula is C28H34N2O6S. The molecule has 2 fully saturated rings. The Morgan fingerprint density at radius 3 is 2.59 bits per heavy atom. The number of pyridine rings is 1. The number of ether oxygens (including phenoxy) is 3. The molecule has 2 aliphatic heterocycles. The quantitative estimate of drug-likeness (QED) is 0.331. The number of carbonyl (C=O) groups is 2. The summed E-state index contributed by atoms with van der Waals surface area (Å²) < 4.78 is 18.5. The molecule has 1 aliphatic carbocycles. The van der Waals surface area contributed by atoms with Crippen molar-refractivity contribution in [2.75, 3.05) is 31.8 Å². The van der Waals surface area contributed by atoms with Crippen LogP contribution in [0.2, 0.25) is 0 Å². The van der Waals surface area contributed by atoms with E-state index in [1.807, 2.05) is 12.1 Å². The normalized spacial score (nSPS) is 18.7. The molecular weight excluding hydrogens is 492 g/mol. The number of benzene rings is 1. The van der Waals surface area contributed by atoms with Gasteiger partial charge in [-0.05, 0) is 63.8 Å². The summed E-state index contributed by atoms with van der Waals surface area (Å²) in [6.45, 7) is 7.35. The largest absolute Gasteiger partial charge is 0.491 e. The first-order valence-corrected chi connectivity index (χ1v) is 14.0. The molecule has 0 bridgehead atoms. The SMILES string of the molecule is COCCCOc1cc2c(cc1N1CCCC1=O)-c1c(cc(C(=O)OC(C)C)c(=O)n1C1CC1)C(C)S2. The number of rotatable bonds is 9. The summed E-state index contributed by atoms with van der Waals surface area (Å²) in [5.41, 5.74) is 3.20. The molecule has 0 spiro atoms. The number of carbonyl (C=O) groups excluding carboxylic acids is 2. The predicted octanol–water partition coefficient (Wildman–Crippen LogP) is 5.12. The topological polar surface area (TPSA) is 87.1 Å². The van der Waals surface area contributed by atoms with Gasteiger partial charge in [0.1, 0.15) is 11.3 Å². The highest BCUT2D eigenvalue weighted by Gasteiger charge is 2.37. The lowest BCUT2D eigenvalue weighted by Crippen LogP contribution is -2.31. The fourth-order valence-corrected chi connectivity index (χ4v) is 6.20. The molecule has 0 N–H and O–H groups in total. The van der Waals surface area contributed by atoms with Crippen LogP contribution >= 0.6 is 11.8 Å². The summed E-state index contributed by atoms with van der Waals surface area (Å²) in [5.74, 6) is 0.166. The molecule has 0 radical (unpaired) electrons. The van der Waals surface area contributed by atoms with Crippen molar-refractivity contribution in [3.63, 3.8) is 0 Å². The third kappa shape index (κ3) is 5.03. The van der Waals surface area contributed by atoms with E-state index in [9.17, 15) is 14.4 Å². The molecule has 198 valence electrons. The first-order valence-electron chi connectivity index (χ1n) is 13.1. The Morgan fingerprint density at radius 2 is 1.95 bits per heavy atom. The van der Waals surface area contributed by atoms with Crippen molar-refractivity contribution < 1.29 is 23.8 Å². The van der Waals surface area contributed by atoms with Crippen molar-refractivity contribution in [1.29, 1.82) is 0 Å². The molecule has 1 aromatic carbocycles. The molecule has 8 nitrogen and oxygen atoms in total. The number of esters is 1.